The number of carbonyl (C=O) groups is 1. The first kappa shape index (κ1) is 20.8. The summed E-state index contributed by atoms with van der Waals surface area (Å²) in [4.78, 5) is 18.2. The quantitative estimate of drug-likeness (QED) is 0.743. The van der Waals surface area contributed by atoms with Crippen molar-refractivity contribution in [2.24, 2.45) is 5.92 Å². The minimum absolute atomic E-state index is 0.178. The second kappa shape index (κ2) is 8.02. The fourth-order valence-electron chi connectivity index (χ4n) is 4.44. The van der Waals surface area contributed by atoms with Crippen LogP contribution in [0.25, 0.3) is 10.9 Å². The fraction of sp³-hybridized carbons (Fsp3) is 0.524. The molecule has 0 saturated carbocycles. The van der Waals surface area contributed by atoms with Crippen molar-refractivity contribution in [1.29, 1.82) is 0 Å². The lowest BCUT2D eigenvalue weighted by Gasteiger charge is -2.40. The number of carbonyl (C=O) groups excluding carboxylic acids is 1. The standard InChI is InChI=1S/C21H24F4N4O/c1-12-16(22)9-18(15-4-2-7-27-19(12)15)29-10-13(21(23,24)25)8-14(11-29)28-20(30)17-5-3-6-26-17/h2,4,7,9,13-14,17,26H,3,5-6,8,10-11H2,1H3,(H,28,30)/t13?,14-,17+/m1/s1. The van der Waals surface area contributed by atoms with Crippen LogP contribution >= 0.6 is 0 Å². The summed E-state index contributed by atoms with van der Waals surface area (Å²) in [5.41, 5.74) is 1.15. The van der Waals surface area contributed by atoms with Crippen LogP contribution in [0.1, 0.15) is 24.8 Å². The first-order chi connectivity index (χ1) is 14.2. The third kappa shape index (κ3) is 4.08. The Bertz CT molecular complexity index is 942. The molecular formula is C21H24F4N4O. The smallest absolute Gasteiger partial charge is 0.368 e. The highest BCUT2D eigenvalue weighted by molar-refractivity contribution is 5.94. The fourth-order valence-corrected chi connectivity index (χ4v) is 4.44. The normalized spacial score (nSPS) is 25.0. The van der Waals surface area contributed by atoms with Crippen molar-refractivity contribution in [1.82, 2.24) is 15.6 Å². The number of aryl methyl sites for hydroxylation is 1. The zero-order valence-corrected chi connectivity index (χ0v) is 16.6. The maximum atomic E-state index is 14.5. The first-order valence-electron chi connectivity index (χ1n) is 10.1. The number of fused-ring (bicyclic) bond motifs is 1. The van der Waals surface area contributed by atoms with E-state index < -0.39 is 24.0 Å². The van der Waals surface area contributed by atoms with Gasteiger partial charge in [-0.05, 0) is 50.9 Å². The highest BCUT2D eigenvalue weighted by Crippen LogP contribution is 2.38. The highest BCUT2D eigenvalue weighted by Gasteiger charge is 2.45. The molecule has 2 aliphatic heterocycles. The molecule has 2 N–H and O–H groups in total. The average Bonchev–Trinajstić information content (AvgIpc) is 3.25. The summed E-state index contributed by atoms with van der Waals surface area (Å²) in [5, 5.41) is 6.45. The van der Waals surface area contributed by atoms with Gasteiger partial charge in [0.05, 0.1) is 17.5 Å². The number of halogens is 4. The Balaban J connectivity index is 1.66. The number of benzene rings is 1. The third-order valence-electron chi connectivity index (χ3n) is 6.04. The van der Waals surface area contributed by atoms with Crippen LogP contribution in [-0.2, 0) is 4.79 Å². The van der Waals surface area contributed by atoms with Gasteiger partial charge in [0, 0.05) is 42.0 Å². The summed E-state index contributed by atoms with van der Waals surface area (Å²) in [6.45, 7) is 2.21. The Kier molecular flexibility index (Phi) is 5.57. The molecule has 5 nitrogen and oxygen atoms in total. The molecule has 0 radical (unpaired) electrons. The molecule has 1 unspecified atom stereocenters. The van der Waals surface area contributed by atoms with E-state index in [0.717, 1.165) is 13.0 Å². The lowest BCUT2D eigenvalue weighted by molar-refractivity contribution is -0.178. The van der Waals surface area contributed by atoms with Crippen molar-refractivity contribution in [3.63, 3.8) is 0 Å². The number of anilines is 1. The first-order valence-corrected chi connectivity index (χ1v) is 10.1. The second-order valence-electron chi connectivity index (χ2n) is 8.14. The molecule has 2 aromatic rings. The van der Waals surface area contributed by atoms with Crippen LogP contribution in [-0.4, -0.2) is 48.8 Å². The molecule has 0 bridgehead atoms. The molecule has 3 atom stereocenters. The molecule has 1 aromatic heterocycles. The Morgan fingerprint density at radius 2 is 2.13 bits per heavy atom. The van der Waals surface area contributed by atoms with Gasteiger partial charge >= 0.3 is 6.18 Å². The molecule has 2 fully saturated rings. The maximum Gasteiger partial charge on any atom is 0.393 e. The molecule has 162 valence electrons. The van der Waals surface area contributed by atoms with Crippen LogP contribution in [0.4, 0.5) is 23.2 Å². The molecule has 1 aromatic carbocycles. The summed E-state index contributed by atoms with van der Waals surface area (Å²) in [6, 6.07) is 3.63. The Morgan fingerprint density at radius 3 is 2.83 bits per heavy atom. The number of rotatable bonds is 3. The molecule has 0 spiro atoms. The summed E-state index contributed by atoms with van der Waals surface area (Å²) in [7, 11) is 0. The Labute approximate surface area is 171 Å². The maximum absolute atomic E-state index is 14.5. The van der Waals surface area contributed by atoms with Gasteiger partial charge in [0.25, 0.3) is 0 Å². The highest BCUT2D eigenvalue weighted by atomic mass is 19.4. The Morgan fingerprint density at radius 1 is 1.33 bits per heavy atom. The molecular weight excluding hydrogens is 400 g/mol. The number of hydrogen-bond acceptors (Lipinski definition) is 4. The van der Waals surface area contributed by atoms with Crippen LogP contribution in [0.15, 0.2) is 24.4 Å². The zero-order valence-electron chi connectivity index (χ0n) is 16.6. The summed E-state index contributed by atoms with van der Waals surface area (Å²) in [5.74, 6) is -2.41. The van der Waals surface area contributed by atoms with E-state index in [0.29, 0.717) is 28.6 Å². The molecule has 2 saturated heterocycles. The van der Waals surface area contributed by atoms with Crippen molar-refractivity contribution >= 4 is 22.5 Å². The SMILES string of the molecule is Cc1c(F)cc(N2CC(C(F)(F)F)C[C@@H](NC(=O)[C@@H]3CCCN3)C2)c2cccnc12. The molecule has 30 heavy (non-hydrogen) atoms. The number of alkyl halides is 3. The van der Waals surface area contributed by atoms with Crippen molar-refractivity contribution in [3.05, 3.63) is 35.8 Å². The number of aromatic nitrogens is 1. The van der Waals surface area contributed by atoms with Crippen molar-refractivity contribution < 1.29 is 22.4 Å². The van der Waals surface area contributed by atoms with E-state index in [-0.39, 0.29) is 31.5 Å². The van der Waals surface area contributed by atoms with Crippen molar-refractivity contribution in [2.75, 3.05) is 24.5 Å². The van der Waals surface area contributed by atoms with Crippen molar-refractivity contribution in [3.8, 4) is 0 Å². The van der Waals surface area contributed by atoms with E-state index >= 15 is 0 Å². The van der Waals surface area contributed by atoms with Gasteiger partial charge in [-0.15, -0.1) is 0 Å². The molecule has 1 amide bonds. The minimum atomic E-state index is -4.41. The van der Waals surface area contributed by atoms with Crippen molar-refractivity contribution in [2.45, 2.75) is 44.4 Å². The summed E-state index contributed by atoms with van der Waals surface area (Å²) >= 11 is 0. The Hall–Kier alpha value is -2.42. The zero-order chi connectivity index (χ0) is 21.5. The predicted molar refractivity (Wildman–Crippen MR) is 106 cm³/mol. The van der Waals surface area contributed by atoms with Gasteiger partial charge < -0.3 is 15.5 Å². The summed E-state index contributed by atoms with van der Waals surface area (Å²) in [6.07, 6.45) is -1.54. The molecule has 3 heterocycles. The lowest BCUT2D eigenvalue weighted by atomic mass is 9.92. The lowest BCUT2D eigenvalue weighted by Crippen LogP contribution is -2.56. The summed E-state index contributed by atoms with van der Waals surface area (Å²) < 4.78 is 55.5. The molecule has 2 aliphatic rings. The molecule has 0 aliphatic carbocycles. The van der Waals surface area contributed by atoms with E-state index in [1.165, 1.54) is 17.2 Å². The monoisotopic (exact) mass is 424 g/mol. The average molecular weight is 424 g/mol. The topological polar surface area (TPSA) is 57.3 Å². The number of amides is 1. The van der Waals surface area contributed by atoms with Gasteiger partial charge in [0.15, 0.2) is 0 Å². The van der Waals surface area contributed by atoms with Crippen LogP contribution in [0.5, 0.6) is 0 Å². The van der Waals surface area contributed by atoms with Crippen LogP contribution in [0.2, 0.25) is 0 Å². The number of nitrogens with zero attached hydrogens (tertiary/aromatic N) is 2. The van der Waals surface area contributed by atoms with Gasteiger partial charge in [0.1, 0.15) is 5.82 Å². The van der Waals surface area contributed by atoms with E-state index in [2.05, 4.69) is 15.6 Å². The number of nitrogens with one attached hydrogen (secondary N) is 2. The van der Waals surface area contributed by atoms with Gasteiger partial charge in [-0.25, -0.2) is 4.39 Å². The minimum Gasteiger partial charge on any atom is -0.368 e. The van der Waals surface area contributed by atoms with Gasteiger partial charge in [-0.2, -0.15) is 13.2 Å². The molecule has 4 rings (SSSR count). The van der Waals surface area contributed by atoms with Gasteiger partial charge in [-0.3, -0.25) is 9.78 Å². The van der Waals surface area contributed by atoms with E-state index in [1.54, 1.807) is 19.1 Å². The van der Waals surface area contributed by atoms with Crippen LogP contribution < -0.4 is 15.5 Å². The largest absolute Gasteiger partial charge is 0.393 e. The molecule has 9 heteroatoms. The van der Waals surface area contributed by atoms with E-state index in [1.807, 2.05) is 0 Å². The predicted octanol–water partition coefficient (Wildman–Crippen LogP) is 3.31. The number of piperidine rings is 1. The number of pyridine rings is 1. The third-order valence-corrected chi connectivity index (χ3v) is 6.04. The van der Waals surface area contributed by atoms with E-state index in [9.17, 15) is 22.4 Å². The number of hydrogen-bond donors (Lipinski definition) is 2. The second-order valence-corrected chi connectivity index (χ2v) is 8.14. The van der Waals surface area contributed by atoms with Crippen LogP contribution in [0, 0.1) is 18.7 Å². The van der Waals surface area contributed by atoms with Crippen LogP contribution in [0.3, 0.4) is 0 Å². The van der Waals surface area contributed by atoms with Gasteiger partial charge in [-0.1, -0.05) is 0 Å². The van der Waals surface area contributed by atoms with E-state index in [4.69, 9.17) is 0 Å². The van der Waals surface area contributed by atoms with Gasteiger partial charge in [0.2, 0.25) is 5.91 Å².